The van der Waals surface area contributed by atoms with Crippen LogP contribution in [0.25, 0.3) is 0 Å². The Hall–Kier alpha value is 2.36. The van der Waals surface area contributed by atoms with Crippen molar-refractivity contribution in [1.29, 1.82) is 0 Å². The molecule has 0 aromatic carbocycles. The summed E-state index contributed by atoms with van der Waals surface area (Å²) in [6.07, 6.45) is 2.27. The molecule has 0 heterocycles. The van der Waals surface area contributed by atoms with Gasteiger partial charge in [-0.2, -0.15) is 0 Å². The van der Waals surface area contributed by atoms with Gasteiger partial charge in [0.05, 0.1) is 0 Å². The minimum atomic E-state index is -0.805. The van der Waals surface area contributed by atoms with Crippen molar-refractivity contribution in [3.05, 3.63) is 11.3 Å². The standard InChI is InChI=1S/C5H11I3Si2/c1-3-5(2)9-4-10(6,7)8/h3H,4,9H2,1-2H3. The Balaban J connectivity index is 3.56. The lowest BCUT2D eigenvalue weighted by Gasteiger charge is -2.07. The zero-order valence-corrected chi connectivity index (χ0v) is 15.0. The second kappa shape index (κ2) is 5.92. The smallest absolute Gasteiger partial charge is 0.0953 e. The molecule has 5 heteroatoms. The van der Waals surface area contributed by atoms with Crippen molar-refractivity contribution in [2.75, 3.05) is 0 Å². The minimum absolute atomic E-state index is 0.132. The molecule has 0 bridgehead atoms. The first-order chi connectivity index (χ1) is 4.45. The van der Waals surface area contributed by atoms with Crippen LogP contribution in [0, 0.1) is 0 Å². The van der Waals surface area contributed by atoms with Gasteiger partial charge in [-0.15, -0.1) is 0 Å². The first-order valence-corrected chi connectivity index (χ1v) is 16.4. The van der Waals surface area contributed by atoms with Crippen LogP contribution in [0.3, 0.4) is 0 Å². The Kier molecular flexibility index (Phi) is 7.31. The van der Waals surface area contributed by atoms with Gasteiger partial charge in [-0.25, -0.2) is 0 Å². The predicted molar refractivity (Wildman–Crippen MR) is 80.6 cm³/mol. The van der Waals surface area contributed by atoms with Crippen molar-refractivity contribution in [2.45, 2.75) is 19.5 Å². The molecule has 0 unspecified atom stereocenters. The van der Waals surface area contributed by atoms with Gasteiger partial charge < -0.3 is 0 Å². The molecule has 0 spiro atoms. The summed E-state index contributed by atoms with van der Waals surface area (Å²) < 4.78 is -0.805. The summed E-state index contributed by atoms with van der Waals surface area (Å²) in [6.45, 7) is 4.43. The van der Waals surface area contributed by atoms with Crippen molar-refractivity contribution >= 4 is 75.5 Å². The van der Waals surface area contributed by atoms with Gasteiger partial charge in [-0.1, -0.05) is 76.7 Å². The van der Waals surface area contributed by atoms with E-state index in [0.717, 1.165) is 0 Å². The van der Waals surface area contributed by atoms with Crippen LogP contribution >= 0.6 is 65.4 Å². The fraction of sp³-hybridized carbons (Fsp3) is 0.600. The highest BCUT2D eigenvalue weighted by molar-refractivity contribution is 14.4. The third-order valence-electron chi connectivity index (χ3n) is 1.30. The molecular formula is C5H11I3Si2. The van der Waals surface area contributed by atoms with Gasteiger partial charge in [0.15, 0.2) is 0 Å². The van der Waals surface area contributed by atoms with Crippen LogP contribution in [-0.4, -0.2) is 10.1 Å². The number of halogens is 3. The van der Waals surface area contributed by atoms with Crippen molar-refractivity contribution in [3.63, 3.8) is 0 Å². The summed E-state index contributed by atoms with van der Waals surface area (Å²) in [6, 6.07) is 0. The lowest BCUT2D eigenvalue weighted by molar-refractivity contribution is 1.56. The molecule has 0 atom stereocenters. The number of rotatable bonds is 3. The Morgan fingerprint density at radius 1 is 1.50 bits per heavy atom. The number of hydrogen-bond donors (Lipinski definition) is 0. The zero-order valence-electron chi connectivity index (χ0n) is 6.13. The van der Waals surface area contributed by atoms with E-state index in [4.69, 9.17) is 0 Å². The highest BCUT2D eigenvalue weighted by atomic mass is 127. The molecule has 0 aliphatic rings. The van der Waals surface area contributed by atoms with Gasteiger partial charge in [-0.05, 0) is 19.5 Å². The van der Waals surface area contributed by atoms with Gasteiger partial charge in [-0.3, -0.25) is 0 Å². The maximum absolute atomic E-state index is 2.65. The SMILES string of the molecule is CC=C(C)[SiH2]C[Si](I)(I)I. The summed E-state index contributed by atoms with van der Waals surface area (Å²) >= 11 is 7.94. The first kappa shape index (κ1) is 12.4. The van der Waals surface area contributed by atoms with E-state index in [1.54, 1.807) is 5.20 Å². The summed E-state index contributed by atoms with van der Waals surface area (Å²) in [5, 5.41) is 1.67. The molecule has 0 amide bonds. The van der Waals surface area contributed by atoms with E-state index >= 15 is 0 Å². The van der Waals surface area contributed by atoms with E-state index in [-0.39, 0.29) is 9.52 Å². The average molecular weight is 508 g/mol. The van der Waals surface area contributed by atoms with Gasteiger partial charge in [0.1, 0.15) is 0 Å². The average Bonchev–Trinajstić information content (AvgIpc) is 1.81. The lowest BCUT2D eigenvalue weighted by atomic mass is 10.6. The Morgan fingerprint density at radius 3 is 2.30 bits per heavy atom. The molecular weight excluding hydrogens is 497 g/mol. The van der Waals surface area contributed by atoms with Crippen molar-refractivity contribution < 1.29 is 0 Å². The van der Waals surface area contributed by atoms with Gasteiger partial charge in [0, 0.05) is 9.52 Å². The van der Waals surface area contributed by atoms with Crippen LogP contribution in [0.5, 0.6) is 0 Å². The Bertz CT molecular complexity index is 127. The summed E-state index contributed by atoms with van der Waals surface area (Å²) in [5.41, 5.74) is 1.53. The highest BCUT2D eigenvalue weighted by Crippen LogP contribution is 2.33. The molecule has 0 fully saturated rings. The highest BCUT2D eigenvalue weighted by Gasteiger charge is 2.20. The third kappa shape index (κ3) is 8.46. The van der Waals surface area contributed by atoms with Crippen LogP contribution in [0.15, 0.2) is 11.3 Å². The molecule has 0 nitrogen and oxygen atoms in total. The van der Waals surface area contributed by atoms with E-state index < -0.39 is 0.564 Å². The van der Waals surface area contributed by atoms with E-state index in [1.165, 1.54) is 5.67 Å². The van der Waals surface area contributed by atoms with E-state index in [2.05, 4.69) is 85.3 Å². The zero-order chi connectivity index (χ0) is 8.20. The molecule has 0 saturated carbocycles. The first-order valence-electron chi connectivity index (χ1n) is 3.14. The van der Waals surface area contributed by atoms with E-state index in [0.29, 0.717) is 0 Å². The number of allylic oxidation sites excluding steroid dienone is 2. The van der Waals surface area contributed by atoms with Crippen molar-refractivity contribution in [2.24, 2.45) is 0 Å². The van der Waals surface area contributed by atoms with Crippen LogP contribution in [0.1, 0.15) is 13.8 Å². The topological polar surface area (TPSA) is 0 Å². The fourth-order valence-corrected chi connectivity index (χ4v) is 10.8. The van der Waals surface area contributed by atoms with Crippen LogP contribution in [0.4, 0.5) is 0 Å². The van der Waals surface area contributed by atoms with Crippen LogP contribution < -0.4 is 0 Å². The summed E-state index contributed by atoms with van der Waals surface area (Å²) in [4.78, 5) is 0. The van der Waals surface area contributed by atoms with Crippen LogP contribution in [-0.2, 0) is 0 Å². The van der Waals surface area contributed by atoms with Gasteiger partial charge in [0.2, 0.25) is 0 Å². The van der Waals surface area contributed by atoms with Crippen molar-refractivity contribution in [1.82, 2.24) is 0 Å². The fourth-order valence-electron chi connectivity index (χ4n) is 0.483. The van der Waals surface area contributed by atoms with Gasteiger partial charge >= 0.3 is 0 Å². The Labute approximate surface area is 104 Å². The normalized spacial score (nSPS) is 15.1. The maximum Gasteiger partial charge on any atom is 0.251 e. The predicted octanol–water partition coefficient (Wildman–Crippen LogP) is 3.28. The molecule has 0 aliphatic heterocycles. The largest absolute Gasteiger partial charge is 0.251 e. The number of hydrogen-bond acceptors (Lipinski definition) is 0. The molecule has 0 aliphatic carbocycles. The maximum atomic E-state index is 2.65. The molecule has 0 aromatic rings. The van der Waals surface area contributed by atoms with E-state index in [1.807, 2.05) is 0 Å². The second-order valence-corrected chi connectivity index (χ2v) is 42.2. The van der Waals surface area contributed by atoms with E-state index in [9.17, 15) is 0 Å². The molecule has 0 saturated heterocycles. The lowest BCUT2D eigenvalue weighted by Crippen LogP contribution is -2.10. The monoisotopic (exact) mass is 508 g/mol. The Morgan fingerprint density at radius 2 is 2.00 bits per heavy atom. The molecule has 0 N–H and O–H groups in total. The molecule has 10 heavy (non-hydrogen) atoms. The molecule has 0 rings (SSSR count). The minimum Gasteiger partial charge on any atom is -0.0953 e. The molecule has 0 radical (unpaired) electrons. The van der Waals surface area contributed by atoms with Crippen molar-refractivity contribution in [3.8, 4) is 0 Å². The third-order valence-corrected chi connectivity index (χ3v) is 20.3. The summed E-state index contributed by atoms with van der Waals surface area (Å²) in [7, 11) is 0.132. The van der Waals surface area contributed by atoms with Crippen LogP contribution in [0.2, 0.25) is 5.67 Å². The van der Waals surface area contributed by atoms with Gasteiger partial charge in [0.25, 0.3) is 0.564 Å². The quantitative estimate of drug-likeness (QED) is 0.312. The molecule has 0 aromatic heterocycles. The second-order valence-electron chi connectivity index (χ2n) is 2.25. The summed E-state index contributed by atoms with van der Waals surface area (Å²) in [5.74, 6) is 0. The molecule has 60 valence electrons.